The zero-order chi connectivity index (χ0) is 22.9. The summed E-state index contributed by atoms with van der Waals surface area (Å²) in [6.07, 6.45) is 2.81. The first kappa shape index (κ1) is 20.8. The summed E-state index contributed by atoms with van der Waals surface area (Å²) >= 11 is 0. The van der Waals surface area contributed by atoms with Crippen LogP contribution in [0.1, 0.15) is 35.1 Å². The number of ether oxygens (including phenoxy) is 1. The van der Waals surface area contributed by atoms with E-state index in [1.165, 1.54) is 37.6 Å². The lowest BCUT2D eigenvalue weighted by molar-refractivity contribution is 0.0710. The molecule has 1 saturated heterocycles. The minimum absolute atomic E-state index is 0.00756. The summed E-state index contributed by atoms with van der Waals surface area (Å²) in [5.74, 6) is -1.04. The minimum atomic E-state index is -0.545. The highest BCUT2D eigenvalue weighted by Gasteiger charge is 2.36. The van der Waals surface area contributed by atoms with E-state index in [1.807, 2.05) is 0 Å². The second kappa shape index (κ2) is 8.45. The van der Waals surface area contributed by atoms with Crippen molar-refractivity contribution in [3.8, 4) is 28.4 Å². The van der Waals surface area contributed by atoms with Crippen LogP contribution in [-0.2, 0) is 0 Å². The SMILES string of the molecule is COc1c(F)cccc1-c1noc(C2CCCN2C(=O)c2cccc(F)c2-c2ccn[nH]2)n1. The van der Waals surface area contributed by atoms with Gasteiger partial charge in [0.15, 0.2) is 11.6 Å². The van der Waals surface area contributed by atoms with Crippen molar-refractivity contribution in [2.75, 3.05) is 13.7 Å². The monoisotopic (exact) mass is 451 g/mol. The van der Waals surface area contributed by atoms with Crippen LogP contribution >= 0.6 is 0 Å². The van der Waals surface area contributed by atoms with E-state index in [9.17, 15) is 13.6 Å². The molecule has 1 aliphatic rings. The van der Waals surface area contributed by atoms with Crippen LogP contribution in [0.2, 0.25) is 0 Å². The Bertz CT molecular complexity index is 1310. The third-order valence-electron chi connectivity index (χ3n) is 5.67. The summed E-state index contributed by atoms with van der Waals surface area (Å²) in [7, 11) is 1.36. The summed E-state index contributed by atoms with van der Waals surface area (Å²) < 4.78 is 39.4. The molecule has 1 N–H and O–H groups in total. The van der Waals surface area contributed by atoms with Gasteiger partial charge in [0.1, 0.15) is 11.9 Å². The Morgan fingerprint density at radius 1 is 1.18 bits per heavy atom. The zero-order valence-corrected chi connectivity index (χ0v) is 17.6. The van der Waals surface area contributed by atoms with Crippen molar-refractivity contribution in [3.63, 3.8) is 0 Å². The van der Waals surface area contributed by atoms with Crippen LogP contribution in [0.4, 0.5) is 8.78 Å². The molecule has 3 heterocycles. The molecule has 0 aliphatic carbocycles. The molecule has 1 unspecified atom stereocenters. The molecule has 8 nitrogen and oxygen atoms in total. The molecule has 10 heteroatoms. The molecule has 2 aromatic carbocycles. The fourth-order valence-corrected chi connectivity index (χ4v) is 4.16. The fraction of sp³-hybridized carbons (Fsp3) is 0.217. The average Bonchev–Trinajstić information content (AvgIpc) is 3.59. The van der Waals surface area contributed by atoms with Gasteiger partial charge in [-0.25, -0.2) is 8.78 Å². The number of hydrogen-bond acceptors (Lipinski definition) is 6. The third kappa shape index (κ3) is 3.63. The Kier molecular flexibility index (Phi) is 5.33. The van der Waals surface area contributed by atoms with Crippen LogP contribution < -0.4 is 4.74 Å². The predicted octanol–water partition coefficient (Wildman–Crippen LogP) is 4.39. The number of halogens is 2. The highest BCUT2D eigenvalue weighted by atomic mass is 19.1. The second-order valence-corrected chi connectivity index (χ2v) is 7.57. The van der Waals surface area contributed by atoms with E-state index in [1.54, 1.807) is 23.1 Å². The molecular weight excluding hydrogens is 432 g/mol. The van der Waals surface area contributed by atoms with Crippen molar-refractivity contribution in [1.29, 1.82) is 0 Å². The number of methoxy groups -OCH3 is 1. The van der Waals surface area contributed by atoms with Crippen molar-refractivity contribution in [2.45, 2.75) is 18.9 Å². The molecule has 0 radical (unpaired) electrons. The number of aromatic nitrogens is 4. The maximum absolute atomic E-state index is 14.7. The van der Waals surface area contributed by atoms with Crippen LogP contribution in [-0.4, -0.2) is 44.8 Å². The number of aromatic amines is 1. The number of carbonyl (C=O) groups is 1. The van der Waals surface area contributed by atoms with Crippen LogP contribution in [0, 0.1) is 11.6 Å². The summed E-state index contributed by atoms with van der Waals surface area (Å²) in [5, 5.41) is 10.6. The molecule has 1 atom stereocenters. The van der Waals surface area contributed by atoms with Crippen LogP contribution in [0.25, 0.3) is 22.6 Å². The van der Waals surface area contributed by atoms with E-state index >= 15 is 0 Å². The number of rotatable bonds is 5. The topological polar surface area (TPSA) is 97.1 Å². The Morgan fingerprint density at radius 3 is 2.79 bits per heavy atom. The van der Waals surface area contributed by atoms with Crippen molar-refractivity contribution in [3.05, 3.63) is 71.8 Å². The number of nitrogens with zero attached hydrogens (tertiary/aromatic N) is 4. The van der Waals surface area contributed by atoms with Gasteiger partial charge in [0.05, 0.1) is 23.9 Å². The number of amides is 1. The molecule has 0 spiro atoms. The van der Waals surface area contributed by atoms with E-state index in [-0.39, 0.29) is 34.5 Å². The lowest BCUT2D eigenvalue weighted by Crippen LogP contribution is -2.31. The summed E-state index contributed by atoms with van der Waals surface area (Å²) in [6.45, 7) is 0.448. The molecule has 168 valence electrons. The third-order valence-corrected chi connectivity index (χ3v) is 5.67. The first-order valence-electron chi connectivity index (χ1n) is 10.3. The number of likely N-dealkylation sites (tertiary alicyclic amines) is 1. The largest absolute Gasteiger partial charge is 0.493 e. The molecule has 4 aromatic rings. The molecule has 5 rings (SSSR count). The predicted molar refractivity (Wildman–Crippen MR) is 113 cm³/mol. The van der Waals surface area contributed by atoms with E-state index in [0.717, 1.165) is 0 Å². The van der Waals surface area contributed by atoms with Gasteiger partial charge in [0.25, 0.3) is 5.91 Å². The van der Waals surface area contributed by atoms with Gasteiger partial charge in [-0.2, -0.15) is 10.1 Å². The molecule has 1 amide bonds. The Labute approximate surface area is 187 Å². The van der Waals surface area contributed by atoms with Crippen LogP contribution in [0.15, 0.2) is 53.2 Å². The lowest BCUT2D eigenvalue weighted by Gasteiger charge is -2.23. The quantitative estimate of drug-likeness (QED) is 0.483. The molecule has 0 saturated carbocycles. The number of para-hydroxylation sites is 1. The molecule has 1 aliphatic heterocycles. The highest BCUT2D eigenvalue weighted by Crippen LogP contribution is 2.37. The first-order valence-corrected chi connectivity index (χ1v) is 10.3. The van der Waals surface area contributed by atoms with Gasteiger partial charge in [-0.15, -0.1) is 0 Å². The van der Waals surface area contributed by atoms with E-state index < -0.39 is 17.7 Å². The number of hydrogen-bond donors (Lipinski definition) is 1. The van der Waals surface area contributed by atoms with Crippen molar-refractivity contribution >= 4 is 5.91 Å². The van der Waals surface area contributed by atoms with Crippen molar-refractivity contribution in [1.82, 2.24) is 25.2 Å². The highest BCUT2D eigenvalue weighted by molar-refractivity contribution is 6.01. The molecule has 1 fully saturated rings. The fourth-order valence-electron chi connectivity index (χ4n) is 4.16. The number of nitrogens with one attached hydrogen (secondary N) is 1. The zero-order valence-electron chi connectivity index (χ0n) is 17.6. The molecular formula is C23H19F2N5O3. The van der Waals surface area contributed by atoms with Gasteiger partial charge < -0.3 is 14.2 Å². The van der Waals surface area contributed by atoms with E-state index in [2.05, 4.69) is 20.3 Å². The van der Waals surface area contributed by atoms with Gasteiger partial charge in [0.2, 0.25) is 11.7 Å². The Hall–Kier alpha value is -4.08. The maximum Gasteiger partial charge on any atom is 0.255 e. The van der Waals surface area contributed by atoms with Crippen molar-refractivity contribution < 1.29 is 22.8 Å². The summed E-state index contributed by atoms with van der Waals surface area (Å²) in [5.41, 5.74) is 1.11. The maximum atomic E-state index is 14.7. The molecule has 0 bridgehead atoms. The van der Waals surface area contributed by atoms with Gasteiger partial charge >= 0.3 is 0 Å². The van der Waals surface area contributed by atoms with E-state index in [0.29, 0.717) is 30.6 Å². The van der Waals surface area contributed by atoms with Crippen LogP contribution in [0.3, 0.4) is 0 Å². The lowest BCUT2D eigenvalue weighted by atomic mass is 10.0. The summed E-state index contributed by atoms with van der Waals surface area (Å²) in [6, 6.07) is 9.90. The van der Waals surface area contributed by atoms with Gasteiger partial charge in [-0.1, -0.05) is 17.3 Å². The molecule has 33 heavy (non-hydrogen) atoms. The van der Waals surface area contributed by atoms with E-state index in [4.69, 9.17) is 9.26 Å². The Morgan fingerprint density at radius 2 is 2.00 bits per heavy atom. The molecule has 2 aromatic heterocycles. The minimum Gasteiger partial charge on any atom is -0.493 e. The van der Waals surface area contributed by atoms with Crippen molar-refractivity contribution in [2.24, 2.45) is 0 Å². The van der Waals surface area contributed by atoms with Gasteiger partial charge in [0, 0.05) is 18.3 Å². The first-order chi connectivity index (χ1) is 16.1. The van der Waals surface area contributed by atoms with Gasteiger partial charge in [-0.3, -0.25) is 9.89 Å². The normalized spacial score (nSPS) is 15.7. The smallest absolute Gasteiger partial charge is 0.255 e. The Balaban J connectivity index is 1.48. The summed E-state index contributed by atoms with van der Waals surface area (Å²) in [4.78, 5) is 19.5. The number of carbonyl (C=O) groups excluding carboxylic acids is 1. The number of H-pyrrole nitrogens is 1. The van der Waals surface area contributed by atoms with Crippen LogP contribution in [0.5, 0.6) is 5.75 Å². The average molecular weight is 451 g/mol. The number of benzene rings is 2. The standard InChI is InChI=1S/C23H19F2N5O3/c1-32-20-14(6-3-8-16(20)25)21-27-22(33-29-21)18-9-4-12-30(18)23(31)13-5-2-7-15(24)19(13)17-10-11-26-28-17/h2-3,5-8,10-11,18H,4,9,12H2,1H3,(H,26,28). The van der Waals surface area contributed by atoms with Gasteiger partial charge in [-0.05, 0) is 43.2 Å². The second-order valence-electron chi connectivity index (χ2n) is 7.57.